The molecule has 0 saturated carbocycles. The molecule has 0 unspecified atom stereocenters. The second-order valence-electron chi connectivity index (χ2n) is 5.11. The smallest absolute Gasteiger partial charge is 0.340 e. The van der Waals surface area contributed by atoms with Crippen LogP contribution in [-0.4, -0.2) is 20.2 Å². The van der Waals surface area contributed by atoms with Gasteiger partial charge in [0.05, 0.1) is 19.8 Å². The van der Waals surface area contributed by atoms with Crippen LogP contribution in [-0.2, 0) is 4.74 Å². The molecule has 0 N–H and O–H groups in total. The van der Waals surface area contributed by atoms with Crippen molar-refractivity contribution in [2.24, 2.45) is 0 Å². The molecule has 23 heavy (non-hydrogen) atoms. The highest BCUT2D eigenvalue weighted by Crippen LogP contribution is 2.28. The molecule has 0 bridgehead atoms. The molecule has 0 spiro atoms. The van der Waals surface area contributed by atoms with Crippen molar-refractivity contribution in [3.63, 3.8) is 0 Å². The van der Waals surface area contributed by atoms with E-state index in [4.69, 9.17) is 4.74 Å². The molecule has 0 aliphatic heterocycles. The van der Waals surface area contributed by atoms with Crippen LogP contribution in [0.5, 0.6) is 5.75 Å². The topological polar surface area (TPSA) is 35.5 Å². The SMILES string of the molecule is COC(=O)c1cc(-c2ccc3cc(OC)ccc3c2)ccc1F. The number of esters is 1. The highest BCUT2D eigenvalue weighted by atomic mass is 19.1. The Morgan fingerprint density at radius 3 is 2.26 bits per heavy atom. The number of halogens is 1. The van der Waals surface area contributed by atoms with Crippen molar-refractivity contribution < 1.29 is 18.7 Å². The fraction of sp³-hybridized carbons (Fsp3) is 0.105. The monoisotopic (exact) mass is 310 g/mol. The lowest BCUT2D eigenvalue weighted by Crippen LogP contribution is -2.04. The zero-order valence-electron chi connectivity index (χ0n) is 12.8. The fourth-order valence-corrected chi connectivity index (χ4v) is 2.50. The van der Waals surface area contributed by atoms with E-state index in [-0.39, 0.29) is 5.56 Å². The molecule has 0 atom stereocenters. The van der Waals surface area contributed by atoms with Gasteiger partial charge in [0.2, 0.25) is 0 Å². The molecule has 0 aliphatic carbocycles. The number of carbonyl (C=O) groups excluding carboxylic acids is 1. The van der Waals surface area contributed by atoms with Crippen molar-refractivity contribution in [2.45, 2.75) is 0 Å². The van der Waals surface area contributed by atoms with E-state index in [1.54, 1.807) is 13.2 Å². The third kappa shape index (κ3) is 2.88. The Morgan fingerprint density at radius 2 is 1.52 bits per heavy atom. The van der Waals surface area contributed by atoms with Crippen LogP contribution in [0.25, 0.3) is 21.9 Å². The molecule has 0 aliphatic rings. The molecule has 4 heteroatoms. The minimum absolute atomic E-state index is 0.0696. The predicted molar refractivity (Wildman–Crippen MR) is 87.2 cm³/mol. The number of carbonyl (C=O) groups is 1. The van der Waals surface area contributed by atoms with E-state index in [2.05, 4.69) is 4.74 Å². The van der Waals surface area contributed by atoms with Crippen LogP contribution in [0.2, 0.25) is 0 Å². The van der Waals surface area contributed by atoms with Crippen LogP contribution in [0, 0.1) is 5.82 Å². The Balaban J connectivity index is 2.08. The summed E-state index contributed by atoms with van der Waals surface area (Å²) in [5, 5.41) is 2.08. The van der Waals surface area contributed by atoms with Crippen molar-refractivity contribution in [1.82, 2.24) is 0 Å². The lowest BCUT2D eigenvalue weighted by molar-refractivity contribution is 0.0595. The van der Waals surface area contributed by atoms with Gasteiger partial charge in [0, 0.05) is 0 Å². The van der Waals surface area contributed by atoms with Gasteiger partial charge >= 0.3 is 5.97 Å². The first-order valence-electron chi connectivity index (χ1n) is 7.08. The van der Waals surface area contributed by atoms with Gasteiger partial charge in [-0.2, -0.15) is 0 Å². The summed E-state index contributed by atoms with van der Waals surface area (Å²) in [7, 11) is 2.86. The third-order valence-corrected chi connectivity index (χ3v) is 3.75. The van der Waals surface area contributed by atoms with E-state index >= 15 is 0 Å². The van der Waals surface area contributed by atoms with Crippen LogP contribution >= 0.6 is 0 Å². The van der Waals surface area contributed by atoms with Gasteiger partial charge in [0.1, 0.15) is 11.6 Å². The molecule has 116 valence electrons. The van der Waals surface area contributed by atoms with Gasteiger partial charge in [-0.1, -0.05) is 24.3 Å². The largest absolute Gasteiger partial charge is 0.497 e. The van der Waals surface area contributed by atoms with Crippen LogP contribution in [0.4, 0.5) is 4.39 Å². The molecule has 3 aromatic rings. The molecule has 0 heterocycles. The maximum atomic E-state index is 13.7. The summed E-state index contributed by atoms with van der Waals surface area (Å²) in [4.78, 5) is 11.6. The van der Waals surface area contributed by atoms with Gasteiger partial charge in [-0.15, -0.1) is 0 Å². The van der Waals surface area contributed by atoms with E-state index in [9.17, 15) is 9.18 Å². The average Bonchev–Trinajstić information content (AvgIpc) is 2.60. The maximum Gasteiger partial charge on any atom is 0.340 e. The number of hydrogen-bond donors (Lipinski definition) is 0. The number of rotatable bonds is 3. The Labute approximate surface area is 133 Å². The first-order valence-corrected chi connectivity index (χ1v) is 7.08. The second kappa shape index (κ2) is 6.08. The van der Waals surface area contributed by atoms with Gasteiger partial charge in [-0.05, 0) is 52.2 Å². The highest BCUT2D eigenvalue weighted by Gasteiger charge is 2.13. The van der Waals surface area contributed by atoms with Gasteiger partial charge in [-0.25, -0.2) is 9.18 Å². The summed E-state index contributed by atoms with van der Waals surface area (Å²) in [5.74, 6) is -0.485. The molecule has 0 amide bonds. The zero-order chi connectivity index (χ0) is 16.4. The zero-order valence-corrected chi connectivity index (χ0v) is 12.8. The molecule has 0 saturated heterocycles. The van der Waals surface area contributed by atoms with Crippen molar-refractivity contribution in [3.8, 4) is 16.9 Å². The summed E-state index contributed by atoms with van der Waals surface area (Å²) in [5.41, 5.74) is 1.58. The second-order valence-corrected chi connectivity index (χ2v) is 5.11. The van der Waals surface area contributed by atoms with Gasteiger partial charge < -0.3 is 9.47 Å². The van der Waals surface area contributed by atoms with E-state index < -0.39 is 11.8 Å². The van der Waals surface area contributed by atoms with Crippen LogP contribution in [0.15, 0.2) is 54.6 Å². The summed E-state index contributed by atoms with van der Waals surface area (Å²) in [6.45, 7) is 0. The molecular weight excluding hydrogens is 295 g/mol. The first kappa shape index (κ1) is 15.0. The van der Waals surface area contributed by atoms with E-state index in [0.717, 1.165) is 27.6 Å². The van der Waals surface area contributed by atoms with Crippen molar-refractivity contribution in [3.05, 3.63) is 66.0 Å². The first-order chi connectivity index (χ1) is 11.1. The molecule has 3 aromatic carbocycles. The summed E-state index contributed by atoms with van der Waals surface area (Å²) < 4.78 is 23.6. The predicted octanol–water partition coefficient (Wildman–Crippen LogP) is 4.44. The van der Waals surface area contributed by atoms with E-state index in [1.165, 1.54) is 19.2 Å². The van der Waals surface area contributed by atoms with Crippen LogP contribution in [0.1, 0.15) is 10.4 Å². The number of hydrogen-bond acceptors (Lipinski definition) is 3. The standard InChI is InChI=1S/C19H15FO3/c1-22-16-7-5-13-9-12(3-4-14(13)10-16)15-6-8-18(20)17(11-15)19(21)23-2/h3-11H,1-2H3. The molecule has 0 aromatic heterocycles. The van der Waals surface area contributed by atoms with Crippen LogP contribution in [0.3, 0.4) is 0 Å². The minimum Gasteiger partial charge on any atom is -0.497 e. The Morgan fingerprint density at radius 1 is 0.870 bits per heavy atom. The van der Waals surface area contributed by atoms with Gasteiger partial charge in [0.25, 0.3) is 0 Å². The van der Waals surface area contributed by atoms with Crippen molar-refractivity contribution >= 4 is 16.7 Å². The lowest BCUT2D eigenvalue weighted by Gasteiger charge is -2.08. The minimum atomic E-state index is -0.685. The quantitative estimate of drug-likeness (QED) is 0.671. The van der Waals surface area contributed by atoms with E-state index in [1.807, 2.05) is 36.4 Å². The number of benzene rings is 3. The summed E-state index contributed by atoms with van der Waals surface area (Å²) in [6.07, 6.45) is 0. The van der Waals surface area contributed by atoms with Crippen LogP contribution < -0.4 is 4.74 Å². The molecule has 0 radical (unpaired) electrons. The third-order valence-electron chi connectivity index (χ3n) is 3.75. The Bertz CT molecular complexity index is 887. The number of ether oxygens (including phenoxy) is 2. The van der Waals surface area contributed by atoms with Crippen molar-refractivity contribution in [2.75, 3.05) is 14.2 Å². The summed E-state index contributed by atoms with van der Waals surface area (Å²) in [6, 6.07) is 16.1. The number of methoxy groups -OCH3 is 2. The van der Waals surface area contributed by atoms with E-state index in [0.29, 0.717) is 0 Å². The lowest BCUT2D eigenvalue weighted by atomic mass is 9.99. The molecular formula is C19H15FO3. The average molecular weight is 310 g/mol. The molecule has 3 rings (SSSR count). The van der Waals surface area contributed by atoms with Gasteiger partial charge in [-0.3, -0.25) is 0 Å². The van der Waals surface area contributed by atoms with Gasteiger partial charge in [0.15, 0.2) is 0 Å². The number of fused-ring (bicyclic) bond motifs is 1. The normalized spacial score (nSPS) is 10.6. The Hall–Kier alpha value is -2.88. The highest BCUT2D eigenvalue weighted by molar-refractivity contribution is 5.93. The molecule has 3 nitrogen and oxygen atoms in total. The fourth-order valence-electron chi connectivity index (χ4n) is 2.50. The Kier molecular flexibility index (Phi) is 3.98. The molecule has 0 fully saturated rings. The summed E-state index contributed by atoms with van der Waals surface area (Å²) >= 11 is 0. The van der Waals surface area contributed by atoms with Crippen molar-refractivity contribution in [1.29, 1.82) is 0 Å². The maximum absolute atomic E-state index is 13.7.